The molecule has 1 N–H and O–H groups in total. The summed E-state index contributed by atoms with van der Waals surface area (Å²) in [6.07, 6.45) is 1.92. The van der Waals surface area contributed by atoms with Gasteiger partial charge in [-0.05, 0) is 25.0 Å². The summed E-state index contributed by atoms with van der Waals surface area (Å²) in [6, 6.07) is 10.2. The van der Waals surface area contributed by atoms with Crippen LogP contribution in [0, 0.1) is 0 Å². The number of piperazine rings is 1. The van der Waals surface area contributed by atoms with Gasteiger partial charge in [0.05, 0.1) is 7.11 Å². The van der Waals surface area contributed by atoms with Gasteiger partial charge in [0, 0.05) is 44.8 Å². The van der Waals surface area contributed by atoms with E-state index in [9.17, 15) is 9.59 Å². The Kier molecular flexibility index (Phi) is 6.72. The smallest absolute Gasteiger partial charge is 0.317 e. The SMILES string of the molecule is COC(=O)CCCCNC(=O)N1CCN(c2ccccc2)CC1. The molecule has 126 valence electrons. The van der Waals surface area contributed by atoms with Crippen LogP contribution in [0.15, 0.2) is 30.3 Å². The Bertz CT molecular complexity index is 499. The highest BCUT2D eigenvalue weighted by atomic mass is 16.5. The molecular weight excluding hydrogens is 294 g/mol. The fourth-order valence-corrected chi connectivity index (χ4v) is 2.61. The summed E-state index contributed by atoms with van der Waals surface area (Å²) in [5.41, 5.74) is 1.20. The fourth-order valence-electron chi connectivity index (χ4n) is 2.61. The number of unbranched alkanes of at least 4 members (excludes halogenated alkanes) is 1. The lowest BCUT2D eigenvalue weighted by Gasteiger charge is -2.36. The van der Waals surface area contributed by atoms with E-state index >= 15 is 0 Å². The summed E-state index contributed by atoms with van der Waals surface area (Å²) in [7, 11) is 1.39. The van der Waals surface area contributed by atoms with Crippen molar-refractivity contribution in [2.24, 2.45) is 0 Å². The van der Waals surface area contributed by atoms with Crippen molar-refractivity contribution in [2.45, 2.75) is 19.3 Å². The van der Waals surface area contributed by atoms with Crippen LogP contribution < -0.4 is 10.2 Å². The molecule has 0 unspecified atom stereocenters. The second-order valence-corrected chi connectivity index (χ2v) is 5.57. The monoisotopic (exact) mass is 319 g/mol. The molecule has 2 amide bonds. The normalized spacial score (nSPS) is 14.5. The van der Waals surface area contributed by atoms with E-state index in [4.69, 9.17) is 0 Å². The van der Waals surface area contributed by atoms with E-state index < -0.39 is 0 Å². The number of anilines is 1. The van der Waals surface area contributed by atoms with Crippen LogP contribution in [0.1, 0.15) is 19.3 Å². The molecule has 6 nitrogen and oxygen atoms in total. The number of nitrogens with one attached hydrogen (secondary N) is 1. The number of carbonyl (C=O) groups is 2. The van der Waals surface area contributed by atoms with E-state index in [1.54, 1.807) is 0 Å². The lowest BCUT2D eigenvalue weighted by Crippen LogP contribution is -2.52. The van der Waals surface area contributed by atoms with E-state index in [2.05, 4.69) is 27.1 Å². The minimum Gasteiger partial charge on any atom is -0.469 e. The topological polar surface area (TPSA) is 61.9 Å². The molecule has 0 saturated carbocycles. The quantitative estimate of drug-likeness (QED) is 0.642. The molecule has 23 heavy (non-hydrogen) atoms. The number of urea groups is 1. The molecule has 1 fully saturated rings. The Morgan fingerprint density at radius 1 is 1.09 bits per heavy atom. The van der Waals surface area contributed by atoms with Crippen LogP contribution in [-0.4, -0.2) is 56.7 Å². The molecule has 0 spiro atoms. The number of amides is 2. The van der Waals surface area contributed by atoms with E-state index in [0.29, 0.717) is 13.0 Å². The highest BCUT2D eigenvalue weighted by Gasteiger charge is 2.20. The van der Waals surface area contributed by atoms with Crippen molar-refractivity contribution in [1.82, 2.24) is 10.2 Å². The van der Waals surface area contributed by atoms with Crippen molar-refractivity contribution in [3.8, 4) is 0 Å². The number of hydrogen-bond acceptors (Lipinski definition) is 4. The lowest BCUT2D eigenvalue weighted by molar-refractivity contribution is -0.140. The summed E-state index contributed by atoms with van der Waals surface area (Å²) < 4.78 is 4.58. The van der Waals surface area contributed by atoms with Crippen molar-refractivity contribution in [2.75, 3.05) is 44.7 Å². The third-order valence-electron chi connectivity index (χ3n) is 4.00. The number of methoxy groups -OCH3 is 1. The summed E-state index contributed by atoms with van der Waals surface area (Å²) in [4.78, 5) is 27.2. The van der Waals surface area contributed by atoms with Gasteiger partial charge in [0.1, 0.15) is 0 Å². The molecule has 0 atom stereocenters. The van der Waals surface area contributed by atoms with Gasteiger partial charge < -0.3 is 19.9 Å². The number of nitrogens with zero attached hydrogens (tertiary/aromatic N) is 2. The number of esters is 1. The second kappa shape index (κ2) is 9.02. The third kappa shape index (κ3) is 5.47. The largest absolute Gasteiger partial charge is 0.469 e. The molecular formula is C17H25N3O3. The lowest BCUT2D eigenvalue weighted by atomic mass is 10.2. The molecule has 1 aromatic rings. The molecule has 1 aromatic carbocycles. The van der Waals surface area contributed by atoms with E-state index in [0.717, 1.165) is 39.0 Å². The highest BCUT2D eigenvalue weighted by Crippen LogP contribution is 2.15. The summed E-state index contributed by atoms with van der Waals surface area (Å²) >= 11 is 0. The van der Waals surface area contributed by atoms with Crippen LogP contribution >= 0.6 is 0 Å². The van der Waals surface area contributed by atoms with Gasteiger partial charge in [-0.1, -0.05) is 18.2 Å². The first kappa shape index (κ1) is 17.1. The van der Waals surface area contributed by atoms with Crippen LogP contribution in [0.3, 0.4) is 0 Å². The molecule has 1 saturated heterocycles. The average Bonchev–Trinajstić information content (AvgIpc) is 2.62. The number of ether oxygens (including phenoxy) is 1. The van der Waals surface area contributed by atoms with Crippen LogP contribution in [0.4, 0.5) is 10.5 Å². The number of benzene rings is 1. The van der Waals surface area contributed by atoms with E-state index in [-0.39, 0.29) is 12.0 Å². The third-order valence-corrected chi connectivity index (χ3v) is 4.00. The first-order chi connectivity index (χ1) is 11.2. The van der Waals surface area contributed by atoms with E-state index in [1.165, 1.54) is 12.8 Å². The van der Waals surface area contributed by atoms with Crippen molar-refractivity contribution < 1.29 is 14.3 Å². The van der Waals surface area contributed by atoms with Crippen LogP contribution in [-0.2, 0) is 9.53 Å². The zero-order valence-corrected chi connectivity index (χ0v) is 13.7. The molecule has 1 heterocycles. The maximum atomic E-state index is 12.1. The Hall–Kier alpha value is -2.24. The molecule has 6 heteroatoms. The molecule has 0 bridgehead atoms. The molecule has 0 aliphatic carbocycles. The Morgan fingerprint density at radius 3 is 2.43 bits per heavy atom. The minimum atomic E-state index is -0.201. The predicted molar refractivity (Wildman–Crippen MR) is 89.5 cm³/mol. The minimum absolute atomic E-state index is 0.0178. The van der Waals surface area contributed by atoms with Gasteiger partial charge in [0.2, 0.25) is 0 Å². The van der Waals surface area contributed by atoms with E-state index in [1.807, 2.05) is 23.1 Å². The van der Waals surface area contributed by atoms with Crippen molar-refractivity contribution in [3.05, 3.63) is 30.3 Å². The Labute approximate surface area is 137 Å². The van der Waals surface area contributed by atoms with Gasteiger partial charge in [-0.3, -0.25) is 4.79 Å². The van der Waals surface area contributed by atoms with Crippen molar-refractivity contribution in [3.63, 3.8) is 0 Å². The second-order valence-electron chi connectivity index (χ2n) is 5.57. The standard InChI is InChI=1S/C17H25N3O3/c1-23-16(21)9-5-6-10-18-17(22)20-13-11-19(12-14-20)15-7-3-2-4-8-15/h2-4,7-8H,5-6,9-14H2,1H3,(H,18,22). The summed E-state index contributed by atoms with van der Waals surface area (Å²) in [6.45, 7) is 3.74. The summed E-state index contributed by atoms with van der Waals surface area (Å²) in [5, 5.41) is 2.92. The van der Waals surface area contributed by atoms with Crippen molar-refractivity contribution >= 4 is 17.7 Å². The Balaban J connectivity index is 1.63. The van der Waals surface area contributed by atoms with Crippen LogP contribution in [0.5, 0.6) is 0 Å². The molecule has 1 aliphatic heterocycles. The van der Waals surface area contributed by atoms with Gasteiger partial charge in [0.15, 0.2) is 0 Å². The van der Waals surface area contributed by atoms with Gasteiger partial charge in [-0.25, -0.2) is 4.79 Å². The Morgan fingerprint density at radius 2 is 1.78 bits per heavy atom. The number of para-hydroxylation sites is 1. The number of hydrogen-bond donors (Lipinski definition) is 1. The van der Waals surface area contributed by atoms with Gasteiger partial charge >= 0.3 is 12.0 Å². The first-order valence-electron chi connectivity index (χ1n) is 8.10. The maximum Gasteiger partial charge on any atom is 0.317 e. The first-order valence-corrected chi connectivity index (χ1v) is 8.10. The molecule has 0 aromatic heterocycles. The fraction of sp³-hybridized carbons (Fsp3) is 0.529. The number of carbonyl (C=O) groups excluding carboxylic acids is 2. The maximum absolute atomic E-state index is 12.1. The van der Waals surface area contributed by atoms with Crippen molar-refractivity contribution in [1.29, 1.82) is 0 Å². The van der Waals surface area contributed by atoms with Gasteiger partial charge in [0.25, 0.3) is 0 Å². The zero-order chi connectivity index (χ0) is 16.5. The van der Waals surface area contributed by atoms with Crippen LogP contribution in [0.25, 0.3) is 0 Å². The summed E-state index contributed by atoms with van der Waals surface area (Å²) in [5.74, 6) is -0.201. The molecule has 1 aliphatic rings. The predicted octanol–water partition coefficient (Wildman–Crippen LogP) is 1.86. The van der Waals surface area contributed by atoms with Crippen LogP contribution in [0.2, 0.25) is 0 Å². The zero-order valence-electron chi connectivity index (χ0n) is 13.7. The molecule has 2 rings (SSSR count). The van der Waals surface area contributed by atoms with Gasteiger partial charge in [-0.2, -0.15) is 0 Å². The molecule has 0 radical (unpaired) electrons. The van der Waals surface area contributed by atoms with Gasteiger partial charge in [-0.15, -0.1) is 0 Å². The number of rotatable bonds is 6. The average molecular weight is 319 g/mol. The highest BCUT2D eigenvalue weighted by molar-refractivity contribution is 5.74.